The molecule has 0 aromatic rings. The van der Waals surface area contributed by atoms with Crippen LogP contribution in [0, 0.1) is 0 Å². The molecular weight excluding hydrogens is 966 g/mol. The van der Waals surface area contributed by atoms with Gasteiger partial charge in [0.15, 0.2) is 6.10 Å². The summed E-state index contributed by atoms with van der Waals surface area (Å²) in [6.45, 7) is 4.08. The summed E-state index contributed by atoms with van der Waals surface area (Å²) in [5.41, 5.74) is 0. The Labute approximate surface area is 467 Å². The summed E-state index contributed by atoms with van der Waals surface area (Å²) < 4.78 is 34.2. The largest absolute Gasteiger partial charge is 0.756 e. The van der Waals surface area contributed by atoms with E-state index in [1.54, 1.807) is 0 Å². The first kappa shape index (κ1) is 72.4. The summed E-state index contributed by atoms with van der Waals surface area (Å²) in [4.78, 5) is 37.9. The molecule has 434 valence electrons. The molecule has 2 unspecified atom stereocenters. The summed E-state index contributed by atoms with van der Waals surface area (Å²) in [5.74, 6) is -0.871. The second-order valence-electron chi connectivity index (χ2n) is 21.0. The van der Waals surface area contributed by atoms with E-state index in [2.05, 4.69) is 135 Å². The molecule has 0 aromatic heterocycles. The monoisotopic (exact) mass is 1080 g/mol. The number of unbranched alkanes of at least 4 members (excludes halogenated alkanes) is 20. The van der Waals surface area contributed by atoms with Crippen molar-refractivity contribution in [2.24, 2.45) is 0 Å². The van der Waals surface area contributed by atoms with Crippen LogP contribution in [-0.2, 0) is 32.7 Å². The lowest BCUT2D eigenvalue weighted by atomic mass is 10.0. The molecular formula is C66H112NO8P. The minimum absolute atomic E-state index is 0.0431. The molecule has 10 heteroatoms. The molecule has 9 nitrogen and oxygen atoms in total. The fraction of sp³-hybridized carbons (Fsp3) is 0.667. The smallest absolute Gasteiger partial charge is 0.306 e. The number of likely N-dealkylation sites (N-methyl/N-ethyl adjacent to an activating group) is 1. The zero-order chi connectivity index (χ0) is 55.6. The molecule has 0 aromatic carbocycles. The standard InChI is InChI=1S/C66H112NO8P/c1-6-8-10-12-14-16-18-20-22-24-26-28-30-31-32-33-34-35-37-39-41-43-45-47-49-51-53-55-57-59-66(69)75-64(63-74-76(70,71)73-61-60-67(3,4)5)62-72-65(68)58-56-54-52-50-48-46-44-42-40-38-36-29-27-25-23-21-19-17-15-13-11-9-7-2/h8,10,14,16,19-22,25-28,31-32,34-35,39,41,45,47,64H,6-7,9,11-13,15,17-18,23-24,29-30,33,36-38,40,42-44,46,48-63H2,1-5H3/b10-8-,16-14-,21-19-,22-20-,27-25-,28-26-,32-31-,35-34-,41-39-,47-45-. The number of quaternary nitrogens is 1. The quantitative estimate of drug-likeness (QED) is 0.0195. The van der Waals surface area contributed by atoms with Gasteiger partial charge in [-0.25, -0.2) is 0 Å². The third-order valence-corrected chi connectivity index (χ3v) is 13.4. The van der Waals surface area contributed by atoms with Gasteiger partial charge in [-0.1, -0.05) is 232 Å². The van der Waals surface area contributed by atoms with Gasteiger partial charge < -0.3 is 27.9 Å². The highest BCUT2D eigenvalue weighted by Gasteiger charge is 2.21. The van der Waals surface area contributed by atoms with E-state index < -0.39 is 32.5 Å². The van der Waals surface area contributed by atoms with Crippen molar-refractivity contribution < 1.29 is 42.1 Å². The van der Waals surface area contributed by atoms with Crippen LogP contribution in [0.25, 0.3) is 0 Å². The van der Waals surface area contributed by atoms with Gasteiger partial charge in [-0.2, -0.15) is 0 Å². The van der Waals surface area contributed by atoms with Crippen LogP contribution in [0.3, 0.4) is 0 Å². The van der Waals surface area contributed by atoms with Crippen LogP contribution < -0.4 is 4.89 Å². The molecule has 2 atom stereocenters. The number of nitrogens with zero attached hydrogens (tertiary/aromatic N) is 1. The van der Waals surface area contributed by atoms with Crippen LogP contribution in [0.1, 0.15) is 232 Å². The molecule has 0 saturated carbocycles. The molecule has 0 rings (SSSR count). The maximum atomic E-state index is 12.8. The highest BCUT2D eigenvalue weighted by atomic mass is 31.2. The van der Waals surface area contributed by atoms with Crippen LogP contribution in [0.2, 0.25) is 0 Å². The lowest BCUT2D eigenvalue weighted by molar-refractivity contribution is -0.870. The highest BCUT2D eigenvalue weighted by molar-refractivity contribution is 7.45. The van der Waals surface area contributed by atoms with Gasteiger partial charge in [0, 0.05) is 12.8 Å². The van der Waals surface area contributed by atoms with Crippen LogP contribution in [0.5, 0.6) is 0 Å². The number of esters is 2. The molecule has 0 saturated heterocycles. The SMILES string of the molecule is CC/C=C\C/C=C\C/C=C\C/C=C\C/C=C\C/C=C\C/C=C\C/C=C\CCCCCCC(=O)OC(COC(=O)CCCCCCCCCCCCC/C=C\C/C=C\CCCCCCC)COP(=O)([O-])OCC[N+](C)(C)C. The fourth-order valence-corrected chi connectivity index (χ4v) is 8.55. The number of rotatable bonds is 54. The molecule has 76 heavy (non-hydrogen) atoms. The molecule has 0 heterocycles. The van der Waals surface area contributed by atoms with Crippen molar-refractivity contribution in [3.8, 4) is 0 Å². The average Bonchev–Trinajstić information content (AvgIpc) is 3.38. The van der Waals surface area contributed by atoms with Crippen LogP contribution >= 0.6 is 7.82 Å². The van der Waals surface area contributed by atoms with E-state index in [-0.39, 0.29) is 26.1 Å². The predicted octanol–water partition coefficient (Wildman–Crippen LogP) is 18.5. The number of phosphoric ester groups is 1. The fourth-order valence-electron chi connectivity index (χ4n) is 7.82. The van der Waals surface area contributed by atoms with Crippen molar-refractivity contribution in [2.75, 3.05) is 47.5 Å². The molecule has 0 bridgehead atoms. The van der Waals surface area contributed by atoms with Crippen LogP contribution in [-0.4, -0.2) is 70.0 Å². The topological polar surface area (TPSA) is 111 Å². The van der Waals surface area contributed by atoms with Crippen molar-refractivity contribution in [1.82, 2.24) is 0 Å². The maximum Gasteiger partial charge on any atom is 0.306 e. The first-order valence-electron chi connectivity index (χ1n) is 30.2. The summed E-state index contributed by atoms with van der Waals surface area (Å²) in [6.07, 6.45) is 79.6. The second kappa shape index (κ2) is 56.1. The van der Waals surface area contributed by atoms with Crippen molar-refractivity contribution in [2.45, 2.75) is 238 Å². The lowest BCUT2D eigenvalue weighted by Gasteiger charge is -2.28. The van der Waals surface area contributed by atoms with E-state index in [4.69, 9.17) is 18.5 Å². The van der Waals surface area contributed by atoms with E-state index in [0.29, 0.717) is 17.4 Å². The lowest BCUT2D eigenvalue weighted by Crippen LogP contribution is -2.37. The van der Waals surface area contributed by atoms with Gasteiger partial charge in [-0.3, -0.25) is 14.2 Å². The van der Waals surface area contributed by atoms with Crippen molar-refractivity contribution in [1.29, 1.82) is 0 Å². The van der Waals surface area contributed by atoms with Crippen molar-refractivity contribution >= 4 is 19.8 Å². The number of allylic oxidation sites excluding steroid dienone is 20. The number of phosphoric acid groups is 1. The van der Waals surface area contributed by atoms with E-state index in [1.165, 1.54) is 89.9 Å². The van der Waals surface area contributed by atoms with Gasteiger partial charge in [0.2, 0.25) is 0 Å². The summed E-state index contributed by atoms with van der Waals surface area (Å²) in [6, 6.07) is 0. The molecule has 0 aliphatic carbocycles. The molecule has 0 fully saturated rings. The number of carbonyl (C=O) groups is 2. The highest BCUT2D eigenvalue weighted by Crippen LogP contribution is 2.38. The van der Waals surface area contributed by atoms with Crippen molar-refractivity contribution in [3.05, 3.63) is 122 Å². The number of ether oxygens (including phenoxy) is 2. The predicted molar refractivity (Wildman–Crippen MR) is 323 cm³/mol. The van der Waals surface area contributed by atoms with Crippen LogP contribution in [0.4, 0.5) is 0 Å². The average molecular weight is 1080 g/mol. The maximum absolute atomic E-state index is 12.8. The van der Waals surface area contributed by atoms with Gasteiger partial charge in [0.05, 0.1) is 27.7 Å². The molecule has 0 radical (unpaired) electrons. The zero-order valence-corrected chi connectivity index (χ0v) is 50.0. The Morgan fingerprint density at radius 2 is 0.750 bits per heavy atom. The van der Waals surface area contributed by atoms with E-state index in [1.807, 2.05) is 21.1 Å². The first-order valence-corrected chi connectivity index (χ1v) is 31.7. The van der Waals surface area contributed by atoms with E-state index in [0.717, 1.165) is 109 Å². The Kier molecular flexibility index (Phi) is 53.5. The van der Waals surface area contributed by atoms with E-state index in [9.17, 15) is 19.0 Å². The number of carbonyl (C=O) groups excluding carboxylic acids is 2. The third kappa shape index (κ3) is 59.7. The molecule has 0 aliphatic heterocycles. The Bertz CT molecular complexity index is 1700. The zero-order valence-electron chi connectivity index (χ0n) is 49.2. The Morgan fingerprint density at radius 3 is 1.12 bits per heavy atom. The third-order valence-electron chi connectivity index (χ3n) is 12.5. The van der Waals surface area contributed by atoms with Gasteiger partial charge >= 0.3 is 11.9 Å². The first-order chi connectivity index (χ1) is 37.0. The van der Waals surface area contributed by atoms with Crippen LogP contribution in [0.15, 0.2) is 122 Å². The van der Waals surface area contributed by atoms with Gasteiger partial charge in [-0.05, 0) is 109 Å². The number of hydrogen-bond acceptors (Lipinski definition) is 8. The van der Waals surface area contributed by atoms with Gasteiger partial charge in [0.1, 0.15) is 19.8 Å². The normalized spacial score (nSPS) is 14.1. The van der Waals surface area contributed by atoms with E-state index >= 15 is 0 Å². The summed E-state index contributed by atoms with van der Waals surface area (Å²) >= 11 is 0. The minimum atomic E-state index is -4.65. The molecule has 0 amide bonds. The Balaban J connectivity index is 4.26. The summed E-state index contributed by atoms with van der Waals surface area (Å²) in [7, 11) is 1.13. The van der Waals surface area contributed by atoms with Gasteiger partial charge in [0.25, 0.3) is 7.82 Å². The molecule has 0 N–H and O–H groups in total. The second-order valence-corrected chi connectivity index (χ2v) is 22.4. The van der Waals surface area contributed by atoms with Gasteiger partial charge in [-0.15, -0.1) is 0 Å². The summed E-state index contributed by atoms with van der Waals surface area (Å²) in [5, 5.41) is 0. The molecule has 0 spiro atoms. The Morgan fingerprint density at radius 1 is 0.421 bits per heavy atom. The van der Waals surface area contributed by atoms with Crippen molar-refractivity contribution in [3.63, 3.8) is 0 Å². The Hall–Kier alpha value is -3.59. The molecule has 0 aliphatic rings. The minimum Gasteiger partial charge on any atom is -0.756 e. The number of hydrogen-bond donors (Lipinski definition) is 0.